The summed E-state index contributed by atoms with van der Waals surface area (Å²) < 4.78 is 15.8. The molecule has 5 nitrogen and oxygen atoms in total. The van der Waals surface area contributed by atoms with E-state index in [2.05, 4.69) is 0 Å². The molecule has 0 aromatic heterocycles. The molecule has 0 bridgehead atoms. The van der Waals surface area contributed by atoms with Crippen LogP contribution in [0.2, 0.25) is 0 Å². The van der Waals surface area contributed by atoms with Crippen LogP contribution < -0.4 is 9.47 Å². The van der Waals surface area contributed by atoms with E-state index in [0.717, 1.165) is 5.75 Å². The zero-order chi connectivity index (χ0) is 15.6. The van der Waals surface area contributed by atoms with Crippen LogP contribution in [0.25, 0.3) is 0 Å². The van der Waals surface area contributed by atoms with Gasteiger partial charge in [-0.25, -0.2) is 4.79 Å². The first-order chi connectivity index (χ1) is 10.8. The van der Waals surface area contributed by atoms with E-state index in [1.807, 2.05) is 30.3 Å². The van der Waals surface area contributed by atoms with Gasteiger partial charge in [-0.15, -0.1) is 0 Å². The lowest BCUT2D eigenvalue weighted by molar-refractivity contribution is 0.0549. The van der Waals surface area contributed by atoms with Crippen molar-refractivity contribution in [2.75, 3.05) is 19.8 Å². The number of esters is 1. The second kappa shape index (κ2) is 8.32. The molecule has 0 aliphatic rings. The maximum absolute atomic E-state index is 11.8. The average Bonchev–Trinajstić information content (AvgIpc) is 2.58. The molecule has 2 aromatic carbocycles. The third-order valence-corrected chi connectivity index (χ3v) is 2.73. The Balaban J connectivity index is 1.87. The monoisotopic (exact) mass is 297 g/mol. The van der Waals surface area contributed by atoms with Crippen LogP contribution in [0.1, 0.15) is 10.4 Å². The quantitative estimate of drug-likeness (QED) is 0.580. The smallest absolute Gasteiger partial charge is 0.342 e. The maximum atomic E-state index is 11.8. The largest absolute Gasteiger partial charge is 0.490 e. The first-order valence-corrected chi connectivity index (χ1v) is 6.75. The van der Waals surface area contributed by atoms with Gasteiger partial charge in [0, 0.05) is 0 Å². The van der Waals surface area contributed by atoms with Gasteiger partial charge in [-0.1, -0.05) is 30.3 Å². The van der Waals surface area contributed by atoms with Crippen LogP contribution in [0.4, 0.5) is 0 Å². The summed E-state index contributed by atoms with van der Waals surface area (Å²) in [5.74, 6) is 0.580. The fourth-order valence-electron chi connectivity index (χ4n) is 1.76. The number of para-hydroxylation sites is 2. The SMILES string of the molecule is N#CCOC(=O)c1ccccc1OCCOc1ccccc1. The van der Waals surface area contributed by atoms with E-state index in [9.17, 15) is 4.79 Å². The summed E-state index contributed by atoms with van der Waals surface area (Å²) in [5, 5.41) is 8.44. The summed E-state index contributed by atoms with van der Waals surface area (Å²) >= 11 is 0. The van der Waals surface area contributed by atoms with Gasteiger partial charge in [-0.05, 0) is 24.3 Å². The molecule has 0 N–H and O–H groups in total. The first-order valence-electron chi connectivity index (χ1n) is 6.75. The topological polar surface area (TPSA) is 68.5 Å². The van der Waals surface area contributed by atoms with Crippen molar-refractivity contribution in [3.63, 3.8) is 0 Å². The second-order valence-corrected chi connectivity index (χ2v) is 4.24. The van der Waals surface area contributed by atoms with Crippen LogP contribution in [-0.2, 0) is 4.74 Å². The van der Waals surface area contributed by atoms with Crippen LogP contribution in [-0.4, -0.2) is 25.8 Å². The van der Waals surface area contributed by atoms with Crippen LogP contribution in [0.15, 0.2) is 54.6 Å². The zero-order valence-electron chi connectivity index (χ0n) is 11.9. The third-order valence-electron chi connectivity index (χ3n) is 2.73. The summed E-state index contributed by atoms with van der Waals surface area (Å²) in [6, 6.07) is 17.9. The molecule has 0 atom stereocenters. The molecule has 5 heteroatoms. The summed E-state index contributed by atoms with van der Waals surface area (Å²) in [4.78, 5) is 11.8. The number of carbonyl (C=O) groups excluding carboxylic acids is 1. The van der Waals surface area contributed by atoms with E-state index in [1.54, 1.807) is 30.3 Å². The number of hydrogen-bond acceptors (Lipinski definition) is 5. The van der Waals surface area contributed by atoms with Crippen molar-refractivity contribution in [1.82, 2.24) is 0 Å². The van der Waals surface area contributed by atoms with Crippen LogP contribution in [0.5, 0.6) is 11.5 Å². The van der Waals surface area contributed by atoms with Gasteiger partial charge >= 0.3 is 5.97 Å². The lowest BCUT2D eigenvalue weighted by Crippen LogP contribution is -2.12. The highest BCUT2D eigenvalue weighted by molar-refractivity contribution is 5.92. The lowest BCUT2D eigenvalue weighted by atomic mass is 10.2. The van der Waals surface area contributed by atoms with Gasteiger partial charge in [0.1, 0.15) is 36.3 Å². The minimum atomic E-state index is -0.582. The van der Waals surface area contributed by atoms with Crippen molar-refractivity contribution < 1.29 is 19.0 Å². The van der Waals surface area contributed by atoms with Gasteiger partial charge in [-0.2, -0.15) is 5.26 Å². The lowest BCUT2D eigenvalue weighted by Gasteiger charge is -2.11. The molecule has 2 aromatic rings. The Hall–Kier alpha value is -3.00. The zero-order valence-corrected chi connectivity index (χ0v) is 11.9. The van der Waals surface area contributed by atoms with E-state index >= 15 is 0 Å². The van der Waals surface area contributed by atoms with Crippen LogP contribution in [0.3, 0.4) is 0 Å². The summed E-state index contributed by atoms with van der Waals surface area (Å²) in [5.41, 5.74) is 0.289. The van der Waals surface area contributed by atoms with E-state index in [0.29, 0.717) is 12.4 Å². The van der Waals surface area contributed by atoms with E-state index in [-0.39, 0.29) is 18.8 Å². The number of rotatable bonds is 7. The molecule has 112 valence electrons. The van der Waals surface area contributed by atoms with E-state index < -0.39 is 5.97 Å². The van der Waals surface area contributed by atoms with E-state index in [4.69, 9.17) is 19.5 Å². The van der Waals surface area contributed by atoms with Gasteiger partial charge in [-0.3, -0.25) is 0 Å². The number of nitriles is 1. The van der Waals surface area contributed by atoms with Gasteiger partial charge < -0.3 is 14.2 Å². The fourth-order valence-corrected chi connectivity index (χ4v) is 1.76. The standard InChI is InChI=1S/C17H15NO4/c18-10-11-22-17(19)15-8-4-5-9-16(15)21-13-12-20-14-6-2-1-3-7-14/h1-9H,11-13H2. The molecule has 0 fully saturated rings. The summed E-state index contributed by atoms with van der Waals surface area (Å²) in [6.07, 6.45) is 0. The van der Waals surface area contributed by atoms with Crippen LogP contribution in [0, 0.1) is 11.3 Å². The van der Waals surface area contributed by atoms with Crippen molar-refractivity contribution in [2.45, 2.75) is 0 Å². The first kappa shape index (κ1) is 15.4. The molecule has 0 radical (unpaired) electrons. The van der Waals surface area contributed by atoms with Crippen LogP contribution >= 0.6 is 0 Å². The minimum Gasteiger partial charge on any atom is -0.490 e. The van der Waals surface area contributed by atoms with Crippen molar-refractivity contribution in [2.24, 2.45) is 0 Å². The third kappa shape index (κ3) is 4.53. The number of hydrogen-bond donors (Lipinski definition) is 0. The molecule has 22 heavy (non-hydrogen) atoms. The second-order valence-electron chi connectivity index (χ2n) is 4.24. The Kier molecular flexibility index (Phi) is 5.82. The van der Waals surface area contributed by atoms with Gasteiger partial charge in [0.25, 0.3) is 0 Å². The highest BCUT2D eigenvalue weighted by atomic mass is 16.5. The van der Waals surface area contributed by atoms with Crippen molar-refractivity contribution >= 4 is 5.97 Å². The molecule has 0 saturated heterocycles. The minimum absolute atomic E-state index is 0.287. The normalized spacial score (nSPS) is 9.59. The molecule has 0 amide bonds. The Labute approximate surface area is 128 Å². The Morgan fingerprint density at radius 2 is 1.64 bits per heavy atom. The predicted molar refractivity (Wildman–Crippen MR) is 79.8 cm³/mol. The van der Waals surface area contributed by atoms with Crippen molar-refractivity contribution in [3.8, 4) is 17.6 Å². The van der Waals surface area contributed by atoms with E-state index in [1.165, 1.54) is 0 Å². The molecular formula is C17H15NO4. The summed E-state index contributed by atoms with van der Waals surface area (Å²) in [7, 11) is 0. The molecule has 0 spiro atoms. The Morgan fingerprint density at radius 1 is 0.955 bits per heavy atom. The Bertz CT molecular complexity index is 649. The molecule has 2 rings (SSSR count). The molecule has 0 aliphatic heterocycles. The summed E-state index contributed by atoms with van der Waals surface area (Å²) in [6.45, 7) is 0.354. The molecule has 0 saturated carbocycles. The molecule has 0 aliphatic carbocycles. The number of ether oxygens (including phenoxy) is 3. The maximum Gasteiger partial charge on any atom is 0.342 e. The van der Waals surface area contributed by atoms with Crippen molar-refractivity contribution in [1.29, 1.82) is 5.26 Å². The number of carbonyl (C=O) groups is 1. The number of nitrogens with zero attached hydrogens (tertiary/aromatic N) is 1. The van der Waals surface area contributed by atoms with Crippen molar-refractivity contribution in [3.05, 3.63) is 60.2 Å². The fraction of sp³-hybridized carbons (Fsp3) is 0.176. The van der Waals surface area contributed by atoms with Gasteiger partial charge in [0.15, 0.2) is 6.61 Å². The molecule has 0 heterocycles. The van der Waals surface area contributed by atoms with Gasteiger partial charge in [0.2, 0.25) is 0 Å². The Morgan fingerprint density at radius 3 is 2.41 bits per heavy atom. The highest BCUT2D eigenvalue weighted by Crippen LogP contribution is 2.19. The van der Waals surface area contributed by atoms with Gasteiger partial charge in [0.05, 0.1) is 0 Å². The number of benzene rings is 2. The average molecular weight is 297 g/mol. The predicted octanol–water partition coefficient (Wildman–Crippen LogP) is 2.82. The molecule has 0 unspecified atom stereocenters. The highest BCUT2D eigenvalue weighted by Gasteiger charge is 2.13. The molecular weight excluding hydrogens is 282 g/mol.